The zero-order valence-corrected chi connectivity index (χ0v) is 22.2. The van der Waals surface area contributed by atoms with Crippen LogP contribution in [-0.2, 0) is 11.2 Å². The Morgan fingerprint density at radius 3 is 2.38 bits per heavy atom. The van der Waals surface area contributed by atoms with Gasteiger partial charge in [0, 0.05) is 31.7 Å². The smallest absolute Gasteiger partial charge is 0.251 e. The number of phenolic OH excluding ortho intramolecular Hbond substituents is 1. The number of benzene rings is 2. The molecule has 2 aromatic rings. The maximum atomic E-state index is 13.5. The van der Waals surface area contributed by atoms with E-state index >= 15 is 0 Å². The Kier molecular flexibility index (Phi) is 8.83. The first kappa shape index (κ1) is 26.2. The number of nitrogens with zero attached hydrogens (tertiary/aromatic N) is 2. The summed E-state index contributed by atoms with van der Waals surface area (Å²) >= 11 is 0. The summed E-state index contributed by atoms with van der Waals surface area (Å²) in [5.74, 6) is 1.34. The summed E-state index contributed by atoms with van der Waals surface area (Å²) in [4.78, 5) is 18.1. The number of aliphatic hydroxyl groups excluding tert-OH is 1. The second-order valence-electron chi connectivity index (χ2n) is 11.7. The lowest BCUT2D eigenvalue weighted by atomic mass is 9.85. The molecule has 3 aliphatic rings. The van der Waals surface area contributed by atoms with E-state index in [9.17, 15) is 15.0 Å². The van der Waals surface area contributed by atoms with Crippen molar-refractivity contribution in [2.24, 2.45) is 5.92 Å². The molecule has 0 radical (unpaired) electrons. The molecule has 0 aromatic heterocycles. The molecule has 1 amide bonds. The van der Waals surface area contributed by atoms with E-state index in [1.54, 1.807) is 6.07 Å². The van der Waals surface area contributed by atoms with Crippen molar-refractivity contribution in [1.29, 1.82) is 0 Å². The molecule has 2 unspecified atom stereocenters. The highest BCUT2D eigenvalue weighted by molar-refractivity contribution is 5.80. The van der Waals surface area contributed by atoms with Crippen molar-refractivity contribution in [1.82, 2.24) is 9.80 Å². The summed E-state index contributed by atoms with van der Waals surface area (Å²) in [7, 11) is 0. The van der Waals surface area contributed by atoms with Crippen LogP contribution in [0, 0.1) is 5.92 Å². The number of phenols is 1. The highest BCUT2D eigenvalue weighted by Gasteiger charge is 2.41. The van der Waals surface area contributed by atoms with Crippen LogP contribution in [0.15, 0.2) is 54.6 Å². The maximum absolute atomic E-state index is 13.5. The highest BCUT2D eigenvalue weighted by atomic mass is 16.3. The van der Waals surface area contributed by atoms with E-state index in [4.69, 9.17) is 0 Å². The van der Waals surface area contributed by atoms with E-state index < -0.39 is 6.10 Å². The summed E-state index contributed by atoms with van der Waals surface area (Å²) in [5, 5.41) is 20.8. The Bertz CT molecular complexity index is 992. The lowest BCUT2D eigenvalue weighted by molar-refractivity contribution is -0.141. The molecular weight excluding hydrogens is 460 g/mol. The quantitative estimate of drug-likeness (QED) is 0.448. The monoisotopic (exact) mass is 504 g/mol. The van der Waals surface area contributed by atoms with Crippen LogP contribution in [0.5, 0.6) is 5.75 Å². The van der Waals surface area contributed by atoms with Crippen LogP contribution < -0.4 is 0 Å². The summed E-state index contributed by atoms with van der Waals surface area (Å²) in [5.41, 5.74) is 2.42. The standard InChI is InChI=1S/C32H44N2O3/c35-30-13-7-12-26(22-30)27-20-28-15-16-29(21-27)34(28)19-18-33(23-25-10-5-2-6-11-25)32(37)31(36)17-14-24-8-3-1-4-9-24/h1,3-4,7-9,12-13,22,25,27-29,31,35-36H,2,5-6,10-11,14-21,23H2/t27?,28-,29+,31?. The predicted molar refractivity (Wildman–Crippen MR) is 148 cm³/mol. The maximum Gasteiger partial charge on any atom is 0.251 e. The molecule has 2 bridgehead atoms. The Labute approximate surface area is 222 Å². The van der Waals surface area contributed by atoms with Crippen LogP contribution in [-0.4, -0.2) is 63.7 Å². The molecule has 200 valence electrons. The average molecular weight is 505 g/mol. The summed E-state index contributed by atoms with van der Waals surface area (Å²) < 4.78 is 0. The Hall–Kier alpha value is -2.37. The molecule has 2 aliphatic heterocycles. The molecule has 3 fully saturated rings. The molecule has 2 N–H and O–H groups in total. The molecule has 5 heteroatoms. The highest BCUT2D eigenvalue weighted by Crippen LogP contribution is 2.43. The van der Waals surface area contributed by atoms with Crippen LogP contribution in [0.3, 0.4) is 0 Å². The third kappa shape index (κ3) is 6.74. The number of hydrogen-bond donors (Lipinski definition) is 2. The van der Waals surface area contributed by atoms with Gasteiger partial charge in [-0.05, 0) is 86.5 Å². The van der Waals surface area contributed by atoms with Crippen LogP contribution >= 0.6 is 0 Å². The number of carbonyl (C=O) groups is 1. The molecule has 37 heavy (non-hydrogen) atoms. The van der Waals surface area contributed by atoms with Crippen molar-refractivity contribution in [2.45, 2.75) is 94.7 Å². The third-order valence-electron chi connectivity index (χ3n) is 9.20. The van der Waals surface area contributed by atoms with Gasteiger partial charge in [0.1, 0.15) is 11.9 Å². The van der Waals surface area contributed by atoms with Crippen molar-refractivity contribution in [3.05, 3.63) is 65.7 Å². The first-order valence-electron chi connectivity index (χ1n) is 14.6. The molecule has 1 saturated carbocycles. The van der Waals surface area contributed by atoms with E-state index in [1.165, 1.54) is 56.1 Å². The van der Waals surface area contributed by atoms with Gasteiger partial charge in [-0.2, -0.15) is 0 Å². The van der Waals surface area contributed by atoms with Gasteiger partial charge in [0.2, 0.25) is 0 Å². The van der Waals surface area contributed by atoms with Crippen molar-refractivity contribution in [2.75, 3.05) is 19.6 Å². The van der Waals surface area contributed by atoms with Crippen molar-refractivity contribution < 1.29 is 15.0 Å². The fourth-order valence-electron chi connectivity index (χ4n) is 7.18. The average Bonchev–Trinajstić information content (AvgIpc) is 3.16. The number of aromatic hydroxyl groups is 1. The van der Waals surface area contributed by atoms with Crippen LogP contribution in [0.4, 0.5) is 0 Å². The van der Waals surface area contributed by atoms with Crippen LogP contribution in [0.1, 0.15) is 81.3 Å². The Balaban J connectivity index is 1.20. The molecule has 5 nitrogen and oxygen atoms in total. The van der Waals surface area contributed by atoms with Gasteiger partial charge >= 0.3 is 0 Å². The van der Waals surface area contributed by atoms with E-state index in [0.717, 1.165) is 32.4 Å². The zero-order valence-electron chi connectivity index (χ0n) is 22.2. The summed E-state index contributed by atoms with van der Waals surface area (Å²) in [6.07, 6.45) is 11.2. The van der Waals surface area contributed by atoms with Gasteiger partial charge in [-0.1, -0.05) is 61.7 Å². The lowest BCUT2D eigenvalue weighted by Gasteiger charge is -2.41. The van der Waals surface area contributed by atoms with E-state index in [2.05, 4.69) is 23.1 Å². The Morgan fingerprint density at radius 1 is 0.946 bits per heavy atom. The number of fused-ring (bicyclic) bond motifs is 2. The predicted octanol–water partition coefficient (Wildman–Crippen LogP) is 5.51. The number of aryl methyl sites for hydroxylation is 1. The molecule has 2 saturated heterocycles. The van der Waals surface area contributed by atoms with Crippen LogP contribution in [0.25, 0.3) is 0 Å². The minimum atomic E-state index is -0.933. The number of rotatable bonds is 10. The van der Waals surface area contributed by atoms with Gasteiger partial charge in [-0.15, -0.1) is 0 Å². The lowest BCUT2D eigenvalue weighted by Crippen LogP contribution is -2.49. The number of piperidine rings is 1. The van der Waals surface area contributed by atoms with Gasteiger partial charge in [0.25, 0.3) is 5.91 Å². The number of amides is 1. The second-order valence-corrected chi connectivity index (χ2v) is 11.7. The molecule has 4 atom stereocenters. The minimum Gasteiger partial charge on any atom is -0.508 e. The van der Waals surface area contributed by atoms with Crippen molar-refractivity contribution in [3.63, 3.8) is 0 Å². The molecular formula is C32H44N2O3. The van der Waals surface area contributed by atoms with Gasteiger partial charge in [-0.3, -0.25) is 9.69 Å². The first-order chi connectivity index (χ1) is 18.1. The summed E-state index contributed by atoms with van der Waals surface area (Å²) in [6.45, 7) is 2.39. The van der Waals surface area contributed by atoms with Crippen molar-refractivity contribution >= 4 is 5.91 Å². The molecule has 2 aromatic carbocycles. The van der Waals surface area contributed by atoms with E-state index in [1.807, 2.05) is 35.2 Å². The van der Waals surface area contributed by atoms with E-state index in [-0.39, 0.29) is 5.91 Å². The Morgan fingerprint density at radius 2 is 1.68 bits per heavy atom. The van der Waals surface area contributed by atoms with E-state index in [0.29, 0.717) is 42.6 Å². The molecule has 1 aliphatic carbocycles. The van der Waals surface area contributed by atoms with Gasteiger partial charge < -0.3 is 15.1 Å². The molecule has 2 heterocycles. The largest absolute Gasteiger partial charge is 0.508 e. The van der Waals surface area contributed by atoms with Crippen LogP contribution in [0.2, 0.25) is 0 Å². The van der Waals surface area contributed by atoms with Gasteiger partial charge in [0.15, 0.2) is 0 Å². The fourth-order valence-corrected chi connectivity index (χ4v) is 7.18. The SMILES string of the molecule is O=C(C(O)CCc1ccccc1)N(CCN1[C@@H]2CC[C@H]1CC(c1cccc(O)c1)C2)CC1CCCCC1. The fraction of sp³-hybridized carbons (Fsp3) is 0.594. The van der Waals surface area contributed by atoms with Gasteiger partial charge in [-0.25, -0.2) is 0 Å². The normalized spacial score (nSPS) is 25.2. The minimum absolute atomic E-state index is 0.0801. The zero-order chi connectivity index (χ0) is 25.6. The third-order valence-corrected chi connectivity index (χ3v) is 9.20. The number of hydrogen-bond acceptors (Lipinski definition) is 4. The molecule has 0 spiro atoms. The second kappa shape index (κ2) is 12.4. The summed E-state index contributed by atoms with van der Waals surface area (Å²) in [6, 6.07) is 19.0. The number of carbonyl (C=O) groups excluding carboxylic acids is 1. The topological polar surface area (TPSA) is 64.0 Å². The number of aliphatic hydroxyl groups is 1. The first-order valence-corrected chi connectivity index (χ1v) is 14.6. The molecule has 5 rings (SSSR count). The van der Waals surface area contributed by atoms with Gasteiger partial charge in [0.05, 0.1) is 0 Å². The van der Waals surface area contributed by atoms with Crippen molar-refractivity contribution in [3.8, 4) is 5.75 Å².